The van der Waals surface area contributed by atoms with Gasteiger partial charge in [0.25, 0.3) is 0 Å². The maximum Gasteiger partial charge on any atom is 0.321 e. The maximum atomic E-state index is 12.0. The molecule has 2 rings (SSSR count). The minimum Gasteiger partial charge on any atom is -0.497 e. The molecule has 0 saturated heterocycles. The summed E-state index contributed by atoms with van der Waals surface area (Å²) in [6.07, 6.45) is 1.24. The van der Waals surface area contributed by atoms with Crippen LogP contribution in [-0.4, -0.2) is 37.8 Å². The van der Waals surface area contributed by atoms with E-state index in [0.29, 0.717) is 24.3 Å². The number of hydrogen-bond acceptors (Lipinski definition) is 3. The molecule has 6 nitrogen and oxygen atoms in total. The Morgan fingerprint density at radius 2 is 1.95 bits per heavy atom. The molecular weight excluding hydrogens is 260 g/mol. The summed E-state index contributed by atoms with van der Waals surface area (Å²) >= 11 is 0. The van der Waals surface area contributed by atoms with Crippen LogP contribution in [0.5, 0.6) is 5.75 Å². The second kappa shape index (κ2) is 5.40. The molecule has 0 unspecified atom stereocenters. The van der Waals surface area contributed by atoms with Gasteiger partial charge in [-0.25, -0.2) is 4.79 Å². The van der Waals surface area contributed by atoms with Crippen LogP contribution in [-0.2, 0) is 4.79 Å². The monoisotopic (exact) mass is 278 g/mol. The molecule has 0 radical (unpaired) electrons. The summed E-state index contributed by atoms with van der Waals surface area (Å²) in [5.74, 6) is -0.129. The highest BCUT2D eigenvalue weighted by Gasteiger charge is 2.50. The number of hydrogen-bond donors (Lipinski definition) is 2. The van der Waals surface area contributed by atoms with Gasteiger partial charge in [-0.05, 0) is 37.1 Å². The number of nitrogens with one attached hydrogen (secondary N) is 1. The molecule has 6 heteroatoms. The molecule has 2 N–H and O–H groups in total. The van der Waals surface area contributed by atoms with Crippen LogP contribution in [0.3, 0.4) is 0 Å². The number of methoxy groups -OCH3 is 1. The molecule has 1 aromatic carbocycles. The largest absolute Gasteiger partial charge is 0.497 e. The molecule has 0 aromatic heterocycles. The van der Waals surface area contributed by atoms with Crippen LogP contribution >= 0.6 is 0 Å². The van der Waals surface area contributed by atoms with Gasteiger partial charge in [-0.2, -0.15) is 0 Å². The topological polar surface area (TPSA) is 78.9 Å². The highest BCUT2D eigenvalue weighted by Crippen LogP contribution is 2.45. The van der Waals surface area contributed by atoms with Gasteiger partial charge in [-0.3, -0.25) is 9.69 Å². The minimum atomic E-state index is -0.843. The van der Waals surface area contributed by atoms with E-state index in [1.807, 2.05) is 0 Å². The van der Waals surface area contributed by atoms with Gasteiger partial charge in [0, 0.05) is 19.3 Å². The highest BCUT2D eigenvalue weighted by molar-refractivity contribution is 5.92. The molecule has 1 aliphatic rings. The fourth-order valence-corrected chi connectivity index (χ4v) is 1.90. The summed E-state index contributed by atoms with van der Waals surface area (Å²) in [5, 5.41) is 11.7. The average molecular weight is 278 g/mol. The summed E-state index contributed by atoms with van der Waals surface area (Å²) in [5.41, 5.74) is -0.0420. The zero-order valence-corrected chi connectivity index (χ0v) is 11.5. The Bertz CT molecular complexity index is 508. The number of aliphatic carboxylic acids is 1. The average Bonchev–Trinajstić information content (AvgIpc) is 3.25. The van der Waals surface area contributed by atoms with Gasteiger partial charge in [-0.1, -0.05) is 0 Å². The smallest absolute Gasteiger partial charge is 0.321 e. The first-order valence-corrected chi connectivity index (χ1v) is 6.37. The van der Waals surface area contributed by atoms with Crippen LogP contribution in [0.1, 0.15) is 12.8 Å². The Morgan fingerprint density at radius 3 is 2.40 bits per heavy atom. The van der Waals surface area contributed by atoms with Crippen molar-refractivity contribution in [2.24, 2.45) is 5.41 Å². The van der Waals surface area contributed by atoms with Gasteiger partial charge in [0.1, 0.15) is 5.75 Å². The number of benzene rings is 1. The predicted octanol–water partition coefficient (Wildman–Crippen LogP) is 1.71. The van der Waals surface area contributed by atoms with Crippen LogP contribution in [0.2, 0.25) is 0 Å². The molecule has 1 fully saturated rings. The first kappa shape index (κ1) is 14.2. The van der Waals surface area contributed by atoms with Gasteiger partial charge < -0.3 is 15.2 Å². The van der Waals surface area contributed by atoms with Gasteiger partial charge in [0.2, 0.25) is 0 Å². The zero-order chi connectivity index (χ0) is 14.8. The van der Waals surface area contributed by atoms with E-state index in [1.165, 1.54) is 4.90 Å². The van der Waals surface area contributed by atoms with Crippen LogP contribution < -0.4 is 15.0 Å². The molecule has 0 aliphatic heterocycles. The fraction of sp³-hybridized carbons (Fsp3) is 0.429. The lowest BCUT2D eigenvalue weighted by atomic mass is 10.1. The van der Waals surface area contributed by atoms with E-state index in [1.54, 1.807) is 38.4 Å². The minimum absolute atomic E-state index is 0.168. The first-order valence-electron chi connectivity index (χ1n) is 6.37. The standard InChI is InChI=1S/C14H18N2O4/c1-16(10-3-5-11(20-2)6-4-10)13(19)15-9-14(7-8-14)12(17)18/h3-6H,7-9H2,1-2H3,(H,15,19)(H,17,18). The number of carbonyl (C=O) groups is 2. The fourth-order valence-electron chi connectivity index (χ4n) is 1.90. The third kappa shape index (κ3) is 2.84. The molecule has 20 heavy (non-hydrogen) atoms. The summed E-state index contributed by atoms with van der Waals surface area (Å²) < 4.78 is 5.05. The molecular formula is C14H18N2O4. The SMILES string of the molecule is COc1ccc(N(C)C(=O)NCC2(C(=O)O)CC2)cc1. The number of nitrogens with zero attached hydrogens (tertiary/aromatic N) is 1. The number of urea groups is 1. The molecule has 1 aliphatic carbocycles. The molecule has 0 spiro atoms. The molecule has 1 saturated carbocycles. The second-order valence-electron chi connectivity index (χ2n) is 5.00. The maximum absolute atomic E-state index is 12.0. The van der Waals surface area contributed by atoms with Crippen LogP contribution in [0.15, 0.2) is 24.3 Å². The lowest BCUT2D eigenvalue weighted by molar-refractivity contribution is -0.143. The molecule has 0 heterocycles. The summed E-state index contributed by atoms with van der Waals surface area (Å²) in [7, 11) is 3.21. The Morgan fingerprint density at radius 1 is 1.35 bits per heavy atom. The number of carboxylic acids is 1. The van der Waals surface area contributed by atoms with Crippen molar-refractivity contribution < 1.29 is 19.4 Å². The predicted molar refractivity (Wildman–Crippen MR) is 74.1 cm³/mol. The van der Waals surface area contributed by atoms with Gasteiger partial charge in [0.05, 0.1) is 12.5 Å². The lowest BCUT2D eigenvalue weighted by Crippen LogP contribution is -2.41. The normalized spacial score (nSPS) is 15.3. The van der Waals surface area contributed by atoms with Crippen molar-refractivity contribution in [3.8, 4) is 5.75 Å². The number of carboxylic acid groups (broad SMARTS) is 1. The lowest BCUT2D eigenvalue weighted by Gasteiger charge is -2.20. The van der Waals surface area contributed by atoms with Crippen molar-refractivity contribution in [3.05, 3.63) is 24.3 Å². The van der Waals surface area contributed by atoms with E-state index in [9.17, 15) is 9.59 Å². The zero-order valence-electron chi connectivity index (χ0n) is 11.5. The number of carbonyl (C=O) groups excluding carboxylic acids is 1. The summed E-state index contributed by atoms with van der Waals surface area (Å²) in [6.45, 7) is 0.168. The molecule has 1 aromatic rings. The van der Waals surface area contributed by atoms with E-state index in [4.69, 9.17) is 9.84 Å². The Kier molecular flexibility index (Phi) is 3.83. The summed E-state index contributed by atoms with van der Waals surface area (Å²) in [6, 6.07) is 6.74. The van der Waals surface area contributed by atoms with Crippen LogP contribution in [0, 0.1) is 5.41 Å². The molecule has 2 amide bonds. The van der Waals surface area contributed by atoms with E-state index >= 15 is 0 Å². The van der Waals surface area contributed by atoms with Gasteiger partial charge in [-0.15, -0.1) is 0 Å². The van der Waals surface area contributed by atoms with E-state index in [2.05, 4.69) is 5.32 Å². The molecule has 108 valence electrons. The Hall–Kier alpha value is -2.24. The van der Waals surface area contributed by atoms with Crippen molar-refractivity contribution in [2.75, 3.05) is 25.6 Å². The van der Waals surface area contributed by atoms with Gasteiger partial charge >= 0.3 is 12.0 Å². The van der Waals surface area contributed by atoms with Gasteiger partial charge in [0.15, 0.2) is 0 Å². The van der Waals surface area contributed by atoms with Crippen molar-refractivity contribution in [1.29, 1.82) is 0 Å². The van der Waals surface area contributed by atoms with E-state index in [-0.39, 0.29) is 12.6 Å². The van der Waals surface area contributed by atoms with Crippen molar-refractivity contribution >= 4 is 17.7 Å². The van der Waals surface area contributed by atoms with E-state index in [0.717, 1.165) is 0 Å². The van der Waals surface area contributed by atoms with Crippen molar-refractivity contribution in [3.63, 3.8) is 0 Å². The van der Waals surface area contributed by atoms with Crippen molar-refractivity contribution in [2.45, 2.75) is 12.8 Å². The number of anilines is 1. The number of ether oxygens (including phenoxy) is 1. The first-order chi connectivity index (χ1) is 9.48. The van der Waals surface area contributed by atoms with Crippen molar-refractivity contribution in [1.82, 2.24) is 5.32 Å². The highest BCUT2D eigenvalue weighted by atomic mass is 16.5. The second-order valence-corrected chi connectivity index (χ2v) is 5.00. The Balaban J connectivity index is 1.93. The van der Waals surface area contributed by atoms with E-state index < -0.39 is 11.4 Å². The van der Waals surface area contributed by atoms with Crippen LogP contribution in [0.4, 0.5) is 10.5 Å². The number of rotatable bonds is 5. The Labute approximate surface area is 117 Å². The summed E-state index contributed by atoms with van der Waals surface area (Å²) in [4.78, 5) is 24.5. The molecule has 0 bridgehead atoms. The van der Waals surface area contributed by atoms with Crippen LogP contribution in [0.25, 0.3) is 0 Å². The quantitative estimate of drug-likeness (QED) is 0.859. The molecule has 0 atom stereocenters. The third-order valence-electron chi connectivity index (χ3n) is 3.65. The third-order valence-corrected chi connectivity index (χ3v) is 3.65. The number of amides is 2.